The molecule has 0 radical (unpaired) electrons. The van der Waals surface area contributed by atoms with Gasteiger partial charge in [-0.3, -0.25) is 0 Å². The van der Waals surface area contributed by atoms with Crippen LogP contribution in [0.25, 0.3) is 0 Å². The molecule has 0 amide bonds. The minimum absolute atomic E-state index is 0.1000. The van der Waals surface area contributed by atoms with E-state index < -0.39 is 0 Å². The van der Waals surface area contributed by atoms with Crippen molar-refractivity contribution in [2.24, 2.45) is 35.0 Å². The molecule has 238 valence electrons. The third-order valence-corrected chi connectivity index (χ3v) is 11.2. The van der Waals surface area contributed by atoms with Crippen LogP contribution >= 0.6 is 0 Å². The highest BCUT2D eigenvalue weighted by Crippen LogP contribution is 2.44. The van der Waals surface area contributed by atoms with Gasteiger partial charge in [-0.25, -0.2) is 0 Å². The summed E-state index contributed by atoms with van der Waals surface area (Å²) < 4.78 is 0. The summed E-state index contributed by atoms with van der Waals surface area (Å²) in [5, 5.41) is 0. The van der Waals surface area contributed by atoms with Crippen LogP contribution in [0.4, 0.5) is 0 Å². The van der Waals surface area contributed by atoms with Crippen LogP contribution in [-0.2, 0) is 11.8 Å². The third kappa shape index (κ3) is 9.03. The fraction of sp³-hybridized carbons (Fsp3) is 0.591. The molecule has 0 aliphatic heterocycles. The number of hydrogen-bond acceptors (Lipinski definition) is 0. The van der Waals surface area contributed by atoms with Crippen molar-refractivity contribution in [1.29, 1.82) is 0 Å². The van der Waals surface area contributed by atoms with E-state index in [1.807, 2.05) is 0 Å². The topological polar surface area (TPSA) is 0 Å². The number of hydrogen-bond donors (Lipinski definition) is 0. The zero-order valence-corrected chi connectivity index (χ0v) is 29.4. The van der Waals surface area contributed by atoms with Crippen LogP contribution in [0.3, 0.4) is 0 Å². The first kappa shape index (κ1) is 34.4. The van der Waals surface area contributed by atoms with E-state index in [-0.39, 0.29) is 10.8 Å². The Hall–Kier alpha value is -2.52. The van der Waals surface area contributed by atoms with Gasteiger partial charge in [0.15, 0.2) is 0 Å². The van der Waals surface area contributed by atoms with Gasteiger partial charge in [0.2, 0.25) is 0 Å². The van der Waals surface area contributed by atoms with Crippen molar-refractivity contribution in [3.63, 3.8) is 0 Å². The lowest BCUT2D eigenvalue weighted by molar-refractivity contribution is 0.302. The molecule has 0 bridgehead atoms. The maximum atomic E-state index is 5.78. The first-order valence-corrected chi connectivity index (χ1v) is 17.9. The summed E-state index contributed by atoms with van der Waals surface area (Å²) in [6.45, 7) is 20.8. The monoisotopic (exact) mass is 590 g/mol. The Labute approximate surface area is 272 Å². The maximum absolute atomic E-state index is 5.78. The molecule has 0 heteroatoms. The van der Waals surface area contributed by atoms with Crippen molar-refractivity contribution in [2.45, 2.75) is 131 Å². The zero-order valence-electron chi connectivity index (χ0n) is 29.4. The van der Waals surface area contributed by atoms with Crippen LogP contribution in [0.2, 0.25) is 0 Å². The van der Waals surface area contributed by atoms with E-state index in [2.05, 4.69) is 116 Å². The van der Waals surface area contributed by atoms with Gasteiger partial charge in [-0.1, -0.05) is 140 Å². The van der Waals surface area contributed by atoms with Crippen molar-refractivity contribution in [2.75, 3.05) is 0 Å². The molecule has 44 heavy (non-hydrogen) atoms. The lowest BCUT2D eigenvalue weighted by Gasteiger charge is -2.37. The lowest BCUT2D eigenvalue weighted by Crippen LogP contribution is -2.27. The first-order valence-electron chi connectivity index (χ1n) is 17.9. The van der Waals surface area contributed by atoms with E-state index >= 15 is 0 Å². The molecule has 6 atom stereocenters. The summed E-state index contributed by atoms with van der Waals surface area (Å²) in [6.07, 6.45) is 35.4. The second-order valence-corrected chi connectivity index (χ2v) is 16.1. The van der Waals surface area contributed by atoms with Crippen molar-refractivity contribution >= 4 is 0 Å². The summed E-state index contributed by atoms with van der Waals surface area (Å²) in [6, 6.07) is 7.24. The van der Waals surface area contributed by atoms with Gasteiger partial charge in [0.25, 0.3) is 0 Å². The summed E-state index contributed by atoms with van der Waals surface area (Å²) in [5.74, 6) is 6.37. The van der Waals surface area contributed by atoms with Crippen molar-refractivity contribution < 1.29 is 0 Å². The highest BCUT2D eigenvalue weighted by Gasteiger charge is 2.33. The summed E-state index contributed by atoms with van der Waals surface area (Å²) in [4.78, 5) is 0. The average Bonchev–Trinajstić information content (AvgIpc) is 3.42. The van der Waals surface area contributed by atoms with Crippen LogP contribution in [-0.4, -0.2) is 0 Å². The second-order valence-electron chi connectivity index (χ2n) is 16.1. The Morgan fingerprint density at radius 1 is 1.16 bits per heavy atom. The van der Waals surface area contributed by atoms with E-state index in [1.54, 1.807) is 5.57 Å². The molecule has 0 aromatic heterocycles. The minimum Gasteiger partial charge on any atom is -0.115 e. The Bertz CT molecular complexity index is 1300. The molecule has 0 N–H and O–H groups in total. The molecule has 0 saturated heterocycles. The molecular formula is C44H62. The van der Waals surface area contributed by atoms with E-state index in [0.29, 0.717) is 17.8 Å². The predicted molar refractivity (Wildman–Crippen MR) is 194 cm³/mol. The van der Waals surface area contributed by atoms with E-state index in [0.717, 1.165) is 36.7 Å². The number of aryl methyl sites for hydroxylation is 1. The van der Waals surface area contributed by atoms with Crippen LogP contribution in [0.1, 0.15) is 129 Å². The molecule has 0 spiro atoms. The normalized spacial score (nSPS) is 26.5. The smallest absolute Gasteiger partial charge is 0.0205 e. The average molecular weight is 591 g/mol. The molecule has 6 unspecified atom stereocenters. The Morgan fingerprint density at radius 2 is 1.93 bits per heavy atom. The third-order valence-electron chi connectivity index (χ3n) is 11.2. The number of terminal acetylenes is 1. The molecule has 1 aromatic carbocycles. The summed E-state index contributed by atoms with van der Waals surface area (Å²) in [5.41, 5.74) is 8.76. The molecule has 0 nitrogen and oxygen atoms in total. The SMILES string of the molecule is C#CC1=CC(C)(C2C=CC(C(CCCC3CCC(CC(=C)CCC)C3)C(C)Cc3ccc(C)c(C(C)(C)C)c3)=CC2)CC=C1. The molecule has 3 aliphatic carbocycles. The molecule has 1 aromatic rings. The largest absolute Gasteiger partial charge is 0.115 e. The van der Waals surface area contributed by atoms with Crippen molar-refractivity contribution in [1.82, 2.24) is 0 Å². The number of rotatable bonds is 13. The van der Waals surface area contributed by atoms with Gasteiger partial charge in [-0.15, -0.1) is 6.42 Å². The van der Waals surface area contributed by atoms with E-state index in [4.69, 9.17) is 6.42 Å². The van der Waals surface area contributed by atoms with Gasteiger partial charge < -0.3 is 0 Å². The van der Waals surface area contributed by atoms with Crippen molar-refractivity contribution in [3.05, 3.63) is 94.6 Å². The molecular weight excluding hydrogens is 528 g/mol. The molecule has 3 aliphatic rings. The lowest BCUT2D eigenvalue weighted by atomic mass is 9.67. The predicted octanol–water partition coefficient (Wildman–Crippen LogP) is 12.4. The fourth-order valence-corrected chi connectivity index (χ4v) is 8.67. The Morgan fingerprint density at radius 3 is 2.61 bits per heavy atom. The van der Waals surface area contributed by atoms with Gasteiger partial charge in [-0.05, 0) is 121 Å². The van der Waals surface area contributed by atoms with Gasteiger partial charge >= 0.3 is 0 Å². The highest BCUT2D eigenvalue weighted by atomic mass is 14.4. The maximum Gasteiger partial charge on any atom is 0.0205 e. The van der Waals surface area contributed by atoms with E-state index in [1.165, 1.54) is 80.1 Å². The van der Waals surface area contributed by atoms with Crippen LogP contribution in [0.15, 0.2) is 78.0 Å². The molecule has 4 rings (SSSR count). The van der Waals surface area contributed by atoms with Gasteiger partial charge in [0.1, 0.15) is 0 Å². The van der Waals surface area contributed by atoms with Crippen LogP contribution in [0.5, 0.6) is 0 Å². The first-order chi connectivity index (χ1) is 20.9. The number of allylic oxidation sites excluding steroid dienone is 9. The quantitative estimate of drug-likeness (QED) is 0.158. The summed E-state index contributed by atoms with van der Waals surface area (Å²) >= 11 is 0. The fourth-order valence-electron chi connectivity index (χ4n) is 8.67. The van der Waals surface area contributed by atoms with Gasteiger partial charge in [0.05, 0.1) is 0 Å². The Kier molecular flexibility index (Phi) is 11.8. The molecule has 1 saturated carbocycles. The second kappa shape index (κ2) is 15.2. The van der Waals surface area contributed by atoms with Crippen LogP contribution < -0.4 is 0 Å². The van der Waals surface area contributed by atoms with Gasteiger partial charge in [-0.2, -0.15) is 0 Å². The molecule has 0 heterocycles. The minimum atomic E-state index is 0.1000. The van der Waals surface area contributed by atoms with E-state index in [9.17, 15) is 0 Å². The summed E-state index contributed by atoms with van der Waals surface area (Å²) in [7, 11) is 0. The molecule has 1 fully saturated rings. The number of benzene rings is 1. The van der Waals surface area contributed by atoms with Gasteiger partial charge in [0, 0.05) is 5.57 Å². The standard InChI is InChI=1S/C44H62/c1-10-14-32(3)27-37-21-20-36(29-37)15-12-17-41(34(5)28-38-19-18-33(4)42(30-38)43(6,7)8)39-22-24-40(25-23-39)44(9)26-13-16-35(11-2)31-44/h2,13,16,18-19,22-24,30-31,34,36-37,40-41H,3,10,12,14-15,17,20-21,25-29H2,1,4-9H3. The Balaban J connectivity index is 1.45. The van der Waals surface area contributed by atoms with Crippen molar-refractivity contribution in [3.8, 4) is 12.3 Å². The van der Waals surface area contributed by atoms with Crippen LogP contribution in [0, 0.1) is 54.3 Å². The zero-order chi connectivity index (χ0) is 31.9. The highest BCUT2D eigenvalue weighted by molar-refractivity contribution is 5.42.